The standard InChI is InChI=1S/C15H21N3O/c1-4-12-6-9-15(19-3)13(10-12)7-8-14-11-18(5-2)17-16-14/h6,9-11H,4-5,7-8H2,1-3H3. The smallest absolute Gasteiger partial charge is 0.122 e. The molecule has 4 heteroatoms. The molecule has 2 rings (SSSR count). The number of aryl methyl sites for hydroxylation is 4. The monoisotopic (exact) mass is 259 g/mol. The maximum absolute atomic E-state index is 5.42. The molecule has 0 N–H and O–H groups in total. The van der Waals surface area contributed by atoms with Gasteiger partial charge in [-0.3, -0.25) is 4.68 Å². The molecule has 4 nitrogen and oxygen atoms in total. The van der Waals surface area contributed by atoms with Crippen molar-refractivity contribution >= 4 is 0 Å². The Bertz CT molecular complexity index is 534. The first-order valence-corrected chi connectivity index (χ1v) is 6.81. The van der Waals surface area contributed by atoms with Crippen molar-refractivity contribution in [3.8, 4) is 5.75 Å². The van der Waals surface area contributed by atoms with Crippen molar-refractivity contribution in [3.63, 3.8) is 0 Å². The van der Waals surface area contributed by atoms with Crippen molar-refractivity contribution in [2.75, 3.05) is 7.11 Å². The molecule has 0 aliphatic carbocycles. The Labute approximate surface area is 114 Å². The highest BCUT2D eigenvalue weighted by Gasteiger charge is 2.06. The highest BCUT2D eigenvalue weighted by atomic mass is 16.5. The number of hydrogen-bond acceptors (Lipinski definition) is 3. The van der Waals surface area contributed by atoms with Crippen LogP contribution in [-0.4, -0.2) is 22.1 Å². The fraction of sp³-hybridized carbons (Fsp3) is 0.467. The van der Waals surface area contributed by atoms with E-state index in [1.165, 1.54) is 11.1 Å². The predicted octanol–water partition coefficient (Wildman–Crippen LogP) is 2.65. The van der Waals surface area contributed by atoms with Crippen molar-refractivity contribution in [3.05, 3.63) is 41.2 Å². The summed E-state index contributed by atoms with van der Waals surface area (Å²) in [7, 11) is 1.72. The second-order valence-electron chi connectivity index (χ2n) is 4.57. The SMILES string of the molecule is CCc1ccc(OC)c(CCc2cn(CC)nn2)c1. The third-order valence-electron chi connectivity index (χ3n) is 3.31. The second kappa shape index (κ2) is 6.36. The molecule has 0 radical (unpaired) electrons. The summed E-state index contributed by atoms with van der Waals surface area (Å²) in [6, 6.07) is 6.40. The molecular formula is C15H21N3O. The number of benzene rings is 1. The Morgan fingerprint density at radius 3 is 2.68 bits per heavy atom. The van der Waals surface area contributed by atoms with Gasteiger partial charge < -0.3 is 4.74 Å². The predicted molar refractivity (Wildman–Crippen MR) is 75.5 cm³/mol. The minimum Gasteiger partial charge on any atom is -0.496 e. The summed E-state index contributed by atoms with van der Waals surface area (Å²) in [5, 5.41) is 8.23. The molecule has 0 aliphatic heterocycles. The largest absolute Gasteiger partial charge is 0.496 e. The van der Waals surface area contributed by atoms with Gasteiger partial charge in [0.05, 0.1) is 12.8 Å². The minimum absolute atomic E-state index is 0.863. The van der Waals surface area contributed by atoms with E-state index in [2.05, 4.69) is 42.4 Å². The van der Waals surface area contributed by atoms with Crippen LogP contribution in [0.15, 0.2) is 24.4 Å². The molecule has 1 aromatic heterocycles. The van der Waals surface area contributed by atoms with E-state index in [1.54, 1.807) is 7.11 Å². The molecule has 0 amide bonds. The van der Waals surface area contributed by atoms with Crippen LogP contribution >= 0.6 is 0 Å². The maximum atomic E-state index is 5.42. The molecule has 102 valence electrons. The molecule has 2 aromatic rings. The third-order valence-corrected chi connectivity index (χ3v) is 3.31. The van der Waals surface area contributed by atoms with Crippen LogP contribution in [0.2, 0.25) is 0 Å². The first kappa shape index (κ1) is 13.6. The topological polar surface area (TPSA) is 39.9 Å². The quantitative estimate of drug-likeness (QED) is 0.800. The number of aromatic nitrogens is 3. The van der Waals surface area contributed by atoms with Crippen molar-refractivity contribution in [2.45, 2.75) is 39.7 Å². The van der Waals surface area contributed by atoms with E-state index in [-0.39, 0.29) is 0 Å². The number of hydrogen-bond donors (Lipinski definition) is 0. The van der Waals surface area contributed by atoms with E-state index >= 15 is 0 Å². The lowest BCUT2D eigenvalue weighted by atomic mass is 10.0. The minimum atomic E-state index is 0.863. The van der Waals surface area contributed by atoms with Crippen LogP contribution in [0.4, 0.5) is 0 Å². The Morgan fingerprint density at radius 2 is 2.05 bits per heavy atom. The van der Waals surface area contributed by atoms with E-state index < -0.39 is 0 Å². The van der Waals surface area contributed by atoms with Gasteiger partial charge in [-0.05, 0) is 43.4 Å². The van der Waals surface area contributed by atoms with Crippen molar-refractivity contribution < 1.29 is 4.74 Å². The van der Waals surface area contributed by atoms with Crippen LogP contribution in [-0.2, 0) is 25.8 Å². The Morgan fingerprint density at radius 1 is 1.21 bits per heavy atom. The van der Waals surface area contributed by atoms with E-state index in [9.17, 15) is 0 Å². The maximum Gasteiger partial charge on any atom is 0.122 e. The normalized spacial score (nSPS) is 10.7. The van der Waals surface area contributed by atoms with Crippen LogP contribution in [0.3, 0.4) is 0 Å². The van der Waals surface area contributed by atoms with Gasteiger partial charge in [0.2, 0.25) is 0 Å². The van der Waals surface area contributed by atoms with Crippen LogP contribution in [0.25, 0.3) is 0 Å². The molecule has 0 unspecified atom stereocenters. The summed E-state index contributed by atoms with van der Waals surface area (Å²) >= 11 is 0. The van der Waals surface area contributed by atoms with Gasteiger partial charge in [-0.15, -0.1) is 5.10 Å². The lowest BCUT2D eigenvalue weighted by Gasteiger charge is -2.09. The van der Waals surface area contributed by atoms with Gasteiger partial charge in [0.1, 0.15) is 5.75 Å². The first-order chi connectivity index (χ1) is 9.26. The fourth-order valence-corrected chi connectivity index (χ4v) is 2.12. The second-order valence-corrected chi connectivity index (χ2v) is 4.57. The lowest BCUT2D eigenvalue weighted by Crippen LogP contribution is -1.97. The molecule has 1 heterocycles. The van der Waals surface area contributed by atoms with Gasteiger partial charge in [0.15, 0.2) is 0 Å². The Kier molecular flexibility index (Phi) is 4.55. The summed E-state index contributed by atoms with van der Waals surface area (Å²) in [4.78, 5) is 0. The van der Waals surface area contributed by atoms with Gasteiger partial charge in [0, 0.05) is 12.7 Å². The number of ether oxygens (including phenoxy) is 1. The highest BCUT2D eigenvalue weighted by molar-refractivity contribution is 5.37. The Balaban J connectivity index is 2.09. The average molecular weight is 259 g/mol. The molecule has 0 fully saturated rings. The molecular weight excluding hydrogens is 238 g/mol. The van der Waals surface area contributed by atoms with E-state index in [1.807, 2.05) is 10.9 Å². The fourth-order valence-electron chi connectivity index (χ4n) is 2.12. The summed E-state index contributed by atoms with van der Waals surface area (Å²) in [5.74, 6) is 0.958. The average Bonchev–Trinajstić information content (AvgIpc) is 2.92. The van der Waals surface area contributed by atoms with E-state index in [4.69, 9.17) is 4.74 Å². The first-order valence-electron chi connectivity index (χ1n) is 6.81. The zero-order chi connectivity index (χ0) is 13.7. The van der Waals surface area contributed by atoms with Gasteiger partial charge in [-0.1, -0.05) is 24.3 Å². The lowest BCUT2D eigenvalue weighted by molar-refractivity contribution is 0.409. The van der Waals surface area contributed by atoms with Crippen molar-refractivity contribution in [1.82, 2.24) is 15.0 Å². The van der Waals surface area contributed by atoms with Crippen LogP contribution in [0.5, 0.6) is 5.75 Å². The van der Waals surface area contributed by atoms with Crippen LogP contribution < -0.4 is 4.74 Å². The summed E-state index contributed by atoms with van der Waals surface area (Å²) in [6.07, 6.45) is 4.88. The zero-order valence-electron chi connectivity index (χ0n) is 11.9. The molecule has 0 aliphatic rings. The van der Waals surface area contributed by atoms with Gasteiger partial charge in [0.25, 0.3) is 0 Å². The van der Waals surface area contributed by atoms with Crippen LogP contribution in [0.1, 0.15) is 30.7 Å². The summed E-state index contributed by atoms with van der Waals surface area (Å²) in [6.45, 7) is 5.09. The summed E-state index contributed by atoms with van der Waals surface area (Å²) in [5.41, 5.74) is 3.62. The van der Waals surface area contributed by atoms with E-state index in [0.29, 0.717) is 0 Å². The van der Waals surface area contributed by atoms with Crippen molar-refractivity contribution in [2.24, 2.45) is 0 Å². The molecule has 1 aromatic carbocycles. The van der Waals surface area contributed by atoms with E-state index in [0.717, 1.165) is 37.3 Å². The van der Waals surface area contributed by atoms with Gasteiger partial charge in [-0.2, -0.15) is 0 Å². The van der Waals surface area contributed by atoms with Crippen molar-refractivity contribution in [1.29, 1.82) is 0 Å². The Hall–Kier alpha value is -1.84. The zero-order valence-corrected chi connectivity index (χ0v) is 11.9. The molecule has 0 bridgehead atoms. The third kappa shape index (κ3) is 3.34. The number of rotatable bonds is 6. The van der Waals surface area contributed by atoms with Gasteiger partial charge in [-0.25, -0.2) is 0 Å². The molecule has 0 saturated carbocycles. The molecule has 0 spiro atoms. The molecule has 0 saturated heterocycles. The van der Waals surface area contributed by atoms with Gasteiger partial charge >= 0.3 is 0 Å². The summed E-state index contributed by atoms with van der Waals surface area (Å²) < 4.78 is 7.27. The highest BCUT2D eigenvalue weighted by Crippen LogP contribution is 2.21. The van der Waals surface area contributed by atoms with Crippen LogP contribution in [0, 0.1) is 0 Å². The molecule has 19 heavy (non-hydrogen) atoms. The molecule has 0 atom stereocenters. The number of nitrogens with zero attached hydrogens (tertiary/aromatic N) is 3. The number of methoxy groups -OCH3 is 1.